The zero-order chi connectivity index (χ0) is 20.2. The van der Waals surface area contributed by atoms with Crippen molar-refractivity contribution in [3.05, 3.63) is 22.1 Å². The standard InChI is InChI=1S/C22H27NO3S/c1-6-8-10-27-15(13-23)11-17-20(22(17,4)5)21(25)26-19-12-18(24)16(9-7-2)14(19)3/h2,11,17,19-20H,6,8-10,12H2,1,3-5H3/t17-,19+,20+/m1/s1. The van der Waals surface area contributed by atoms with Crippen molar-refractivity contribution in [3.63, 3.8) is 0 Å². The maximum Gasteiger partial charge on any atom is 0.310 e. The minimum atomic E-state index is -0.510. The lowest BCUT2D eigenvalue weighted by molar-refractivity contribution is -0.150. The summed E-state index contributed by atoms with van der Waals surface area (Å²) in [6.07, 6.45) is 9.32. The molecule has 0 aromatic rings. The van der Waals surface area contributed by atoms with Crippen LogP contribution < -0.4 is 0 Å². The molecule has 1 fully saturated rings. The zero-order valence-electron chi connectivity index (χ0n) is 16.5. The smallest absolute Gasteiger partial charge is 0.310 e. The predicted molar refractivity (Wildman–Crippen MR) is 107 cm³/mol. The molecule has 27 heavy (non-hydrogen) atoms. The van der Waals surface area contributed by atoms with Gasteiger partial charge in [0.1, 0.15) is 12.2 Å². The van der Waals surface area contributed by atoms with Gasteiger partial charge in [-0.15, -0.1) is 24.1 Å². The van der Waals surface area contributed by atoms with E-state index in [2.05, 4.69) is 18.9 Å². The summed E-state index contributed by atoms with van der Waals surface area (Å²) in [5.41, 5.74) is 1.12. The second kappa shape index (κ2) is 8.81. The number of ether oxygens (including phenoxy) is 1. The maximum absolute atomic E-state index is 12.7. The first-order valence-electron chi connectivity index (χ1n) is 9.39. The Morgan fingerprint density at radius 1 is 1.48 bits per heavy atom. The zero-order valence-corrected chi connectivity index (χ0v) is 17.3. The van der Waals surface area contributed by atoms with Gasteiger partial charge in [-0.1, -0.05) is 33.3 Å². The number of nitrogens with zero attached hydrogens (tertiary/aromatic N) is 1. The monoisotopic (exact) mass is 385 g/mol. The third-order valence-corrected chi connectivity index (χ3v) is 6.60. The SMILES string of the molecule is C#CCC1=C(C)[C@@H](OC(=O)[C@@H]2[C@@H](C=C(C#N)SCCCC)C2(C)C)CC1=O. The molecular formula is C22H27NO3S. The fraction of sp³-hybridized carbons (Fsp3) is 0.591. The van der Waals surface area contributed by atoms with Crippen LogP contribution in [0.5, 0.6) is 0 Å². The quantitative estimate of drug-likeness (QED) is 0.268. The lowest BCUT2D eigenvalue weighted by Gasteiger charge is -2.13. The van der Waals surface area contributed by atoms with E-state index in [0.717, 1.165) is 24.2 Å². The molecule has 4 nitrogen and oxygen atoms in total. The lowest BCUT2D eigenvalue weighted by atomic mass is 10.1. The summed E-state index contributed by atoms with van der Waals surface area (Å²) < 4.78 is 5.67. The molecule has 0 aliphatic heterocycles. The van der Waals surface area contributed by atoms with Crippen molar-refractivity contribution in [2.24, 2.45) is 17.3 Å². The van der Waals surface area contributed by atoms with E-state index in [4.69, 9.17) is 11.2 Å². The van der Waals surface area contributed by atoms with Gasteiger partial charge in [0.2, 0.25) is 0 Å². The maximum atomic E-state index is 12.7. The molecule has 0 radical (unpaired) electrons. The van der Waals surface area contributed by atoms with Crippen LogP contribution in [0.3, 0.4) is 0 Å². The number of Topliss-reactive ketones (excluding diaryl/α,β-unsaturated/α-hetero) is 1. The molecule has 2 rings (SSSR count). The number of carbonyl (C=O) groups is 2. The highest BCUT2D eigenvalue weighted by Gasteiger charge is 2.62. The van der Waals surface area contributed by atoms with E-state index in [0.29, 0.717) is 10.5 Å². The number of rotatable bonds is 8. The highest BCUT2D eigenvalue weighted by molar-refractivity contribution is 8.03. The molecule has 0 aromatic carbocycles. The molecule has 144 valence electrons. The minimum absolute atomic E-state index is 0.0136. The fourth-order valence-corrected chi connectivity index (χ4v) is 4.55. The van der Waals surface area contributed by atoms with Crippen LogP contribution in [-0.4, -0.2) is 23.6 Å². The number of carbonyl (C=O) groups excluding carboxylic acids is 2. The van der Waals surface area contributed by atoms with Crippen LogP contribution in [-0.2, 0) is 14.3 Å². The van der Waals surface area contributed by atoms with Crippen molar-refractivity contribution < 1.29 is 14.3 Å². The van der Waals surface area contributed by atoms with E-state index in [9.17, 15) is 14.9 Å². The molecule has 0 amide bonds. The molecule has 2 aliphatic rings. The number of ketones is 1. The third kappa shape index (κ3) is 4.66. The average Bonchev–Trinajstić information content (AvgIpc) is 3.06. The Bertz CT molecular complexity index is 763. The molecule has 0 heterocycles. The Hall–Kier alpha value is -1.98. The predicted octanol–water partition coefficient (Wildman–Crippen LogP) is 4.42. The Morgan fingerprint density at radius 3 is 2.78 bits per heavy atom. The topological polar surface area (TPSA) is 67.2 Å². The lowest BCUT2D eigenvalue weighted by Crippen LogP contribution is -2.20. The Balaban J connectivity index is 2.04. The number of thioether (sulfide) groups is 1. The first-order chi connectivity index (χ1) is 12.8. The van der Waals surface area contributed by atoms with Crippen molar-refractivity contribution in [2.45, 2.75) is 59.5 Å². The van der Waals surface area contributed by atoms with Gasteiger partial charge in [0, 0.05) is 12.0 Å². The van der Waals surface area contributed by atoms with Gasteiger partial charge < -0.3 is 4.74 Å². The van der Waals surface area contributed by atoms with E-state index >= 15 is 0 Å². The highest BCUT2D eigenvalue weighted by atomic mass is 32.2. The minimum Gasteiger partial charge on any atom is -0.457 e. The summed E-state index contributed by atoms with van der Waals surface area (Å²) in [6.45, 7) is 7.95. The van der Waals surface area contributed by atoms with E-state index in [1.165, 1.54) is 0 Å². The van der Waals surface area contributed by atoms with Gasteiger partial charge in [-0.05, 0) is 36.0 Å². The van der Waals surface area contributed by atoms with Crippen LogP contribution in [0.1, 0.15) is 53.4 Å². The molecule has 0 spiro atoms. The first kappa shape index (κ1) is 21.3. The number of terminal acetylenes is 1. The molecule has 0 unspecified atom stereocenters. The van der Waals surface area contributed by atoms with Crippen LogP contribution in [0.25, 0.3) is 0 Å². The molecule has 0 N–H and O–H groups in total. The van der Waals surface area contributed by atoms with Gasteiger partial charge in [0.25, 0.3) is 0 Å². The van der Waals surface area contributed by atoms with Gasteiger partial charge in [-0.25, -0.2) is 0 Å². The van der Waals surface area contributed by atoms with Crippen molar-refractivity contribution in [2.75, 3.05) is 5.75 Å². The second-order valence-electron chi connectivity index (χ2n) is 7.76. The molecular weight excluding hydrogens is 358 g/mol. The summed E-state index contributed by atoms with van der Waals surface area (Å²) in [5.74, 6) is 2.77. The molecule has 0 saturated heterocycles. The summed E-state index contributed by atoms with van der Waals surface area (Å²) in [7, 11) is 0. The van der Waals surface area contributed by atoms with Crippen LogP contribution in [0.4, 0.5) is 0 Å². The van der Waals surface area contributed by atoms with Gasteiger partial charge in [0.15, 0.2) is 5.78 Å². The van der Waals surface area contributed by atoms with E-state index < -0.39 is 6.10 Å². The molecule has 0 aromatic heterocycles. The second-order valence-corrected chi connectivity index (χ2v) is 8.90. The number of hydrogen-bond donors (Lipinski definition) is 0. The molecule has 0 bridgehead atoms. The third-order valence-electron chi connectivity index (χ3n) is 5.56. The Kier molecular flexibility index (Phi) is 6.95. The summed E-state index contributed by atoms with van der Waals surface area (Å²) in [4.78, 5) is 25.4. The first-order valence-corrected chi connectivity index (χ1v) is 10.4. The van der Waals surface area contributed by atoms with E-state index in [1.807, 2.05) is 26.8 Å². The summed E-state index contributed by atoms with van der Waals surface area (Å²) in [5, 5.41) is 9.36. The average molecular weight is 386 g/mol. The summed E-state index contributed by atoms with van der Waals surface area (Å²) >= 11 is 1.55. The van der Waals surface area contributed by atoms with Crippen molar-refractivity contribution in [1.29, 1.82) is 5.26 Å². The van der Waals surface area contributed by atoms with Gasteiger partial charge in [-0.2, -0.15) is 5.26 Å². The molecule has 3 atom stereocenters. The molecule has 5 heteroatoms. The largest absolute Gasteiger partial charge is 0.457 e. The number of nitriles is 1. The Labute approximate surface area is 166 Å². The van der Waals surface area contributed by atoms with Gasteiger partial charge >= 0.3 is 5.97 Å². The van der Waals surface area contributed by atoms with E-state index in [1.54, 1.807) is 11.8 Å². The highest BCUT2D eigenvalue weighted by Crippen LogP contribution is 2.60. The van der Waals surface area contributed by atoms with Crippen molar-refractivity contribution in [1.82, 2.24) is 0 Å². The number of esters is 1. The van der Waals surface area contributed by atoms with Crippen LogP contribution in [0.2, 0.25) is 0 Å². The van der Waals surface area contributed by atoms with E-state index in [-0.39, 0.29) is 41.8 Å². The Morgan fingerprint density at radius 2 is 2.19 bits per heavy atom. The normalized spacial score (nSPS) is 26.5. The number of hydrogen-bond acceptors (Lipinski definition) is 5. The van der Waals surface area contributed by atoms with Crippen LogP contribution in [0.15, 0.2) is 22.1 Å². The van der Waals surface area contributed by atoms with Gasteiger partial charge in [0.05, 0.1) is 17.2 Å². The number of unbranched alkanes of at least 4 members (excludes halogenated alkanes) is 1. The van der Waals surface area contributed by atoms with Crippen molar-refractivity contribution >= 4 is 23.5 Å². The van der Waals surface area contributed by atoms with Crippen LogP contribution >= 0.6 is 11.8 Å². The number of allylic oxidation sites excluding steroid dienone is 3. The fourth-order valence-electron chi connectivity index (χ4n) is 3.59. The molecule has 2 aliphatic carbocycles. The molecule has 1 saturated carbocycles. The van der Waals surface area contributed by atoms with Crippen molar-refractivity contribution in [3.8, 4) is 18.4 Å². The van der Waals surface area contributed by atoms with Gasteiger partial charge in [-0.3, -0.25) is 9.59 Å². The van der Waals surface area contributed by atoms with Crippen LogP contribution in [0, 0.1) is 40.9 Å². The summed E-state index contributed by atoms with van der Waals surface area (Å²) in [6, 6.07) is 2.24.